The number of nitrogen functional groups attached to an aromatic ring is 1. The third-order valence-corrected chi connectivity index (χ3v) is 7.74. The zero-order valence-corrected chi connectivity index (χ0v) is 22.4. The van der Waals surface area contributed by atoms with E-state index in [1.54, 1.807) is 31.4 Å². The molecule has 1 heterocycles. The van der Waals surface area contributed by atoms with Crippen LogP contribution in [0.15, 0.2) is 48.5 Å². The summed E-state index contributed by atoms with van der Waals surface area (Å²) in [5, 5.41) is 3.18. The molecule has 1 saturated carbocycles. The van der Waals surface area contributed by atoms with Crippen molar-refractivity contribution in [3.05, 3.63) is 70.2 Å². The predicted molar refractivity (Wildman–Crippen MR) is 148 cm³/mol. The van der Waals surface area contributed by atoms with Crippen molar-refractivity contribution >= 4 is 40.6 Å². The number of ether oxygens (including phenoxy) is 1. The van der Waals surface area contributed by atoms with E-state index in [2.05, 4.69) is 9.69 Å². The highest BCUT2D eigenvalue weighted by molar-refractivity contribution is 7.09. The van der Waals surface area contributed by atoms with Gasteiger partial charge in [0, 0.05) is 11.7 Å². The molecule has 38 heavy (non-hydrogen) atoms. The van der Waals surface area contributed by atoms with Crippen LogP contribution in [-0.2, 0) is 11.2 Å². The highest BCUT2D eigenvalue weighted by Gasteiger charge is 2.37. The van der Waals surface area contributed by atoms with E-state index >= 15 is 0 Å². The van der Waals surface area contributed by atoms with Crippen LogP contribution in [0, 0.1) is 0 Å². The lowest BCUT2D eigenvalue weighted by molar-refractivity contribution is -0.123. The normalized spacial score (nSPS) is 14.5. The van der Waals surface area contributed by atoms with Gasteiger partial charge in [0.05, 0.1) is 12.8 Å². The number of anilines is 2. The minimum Gasteiger partial charge on any atom is -0.497 e. The first-order chi connectivity index (χ1) is 18.3. The maximum absolute atomic E-state index is 14.2. The molecule has 0 bridgehead atoms. The van der Waals surface area contributed by atoms with Gasteiger partial charge in [-0.25, -0.2) is 0 Å². The largest absolute Gasteiger partial charge is 0.497 e. The number of rotatable bonds is 9. The maximum Gasteiger partial charge on any atom is 0.273 e. The lowest BCUT2D eigenvalue weighted by atomic mass is 9.94. The van der Waals surface area contributed by atoms with Crippen LogP contribution in [0.25, 0.3) is 0 Å². The molecule has 1 aromatic heterocycles. The Kier molecular flexibility index (Phi) is 8.62. The lowest BCUT2D eigenvalue weighted by Gasteiger charge is -2.33. The number of benzene rings is 2. The Labute approximate surface area is 226 Å². The Bertz CT molecular complexity index is 1280. The fourth-order valence-electron chi connectivity index (χ4n) is 4.75. The van der Waals surface area contributed by atoms with Gasteiger partial charge in [0.15, 0.2) is 5.69 Å². The van der Waals surface area contributed by atoms with Gasteiger partial charge < -0.3 is 21.5 Å². The molecule has 10 heteroatoms. The number of amides is 3. The number of aryl methyl sites for hydroxylation is 1. The average Bonchev–Trinajstić information content (AvgIpc) is 3.33. The predicted octanol–water partition coefficient (Wildman–Crippen LogP) is 4.23. The van der Waals surface area contributed by atoms with Crippen molar-refractivity contribution in [2.45, 2.75) is 57.5 Å². The second-order valence-corrected chi connectivity index (χ2v) is 10.1. The van der Waals surface area contributed by atoms with Crippen LogP contribution in [-0.4, -0.2) is 35.2 Å². The van der Waals surface area contributed by atoms with Crippen molar-refractivity contribution in [3.63, 3.8) is 0 Å². The number of hydrogen-bond donors (Lipinski definition) is 3. The van der Waals surface area contributed by atoms with Gasteiger partial charge in [-0.05, 0) is 66.2 Å². The quantitative estimate of drug-likeness (QED) is 0.374. The van der Waals surface area contributed by atoms with Crippen molar-refractivity contribution in [2.24, 2.45) is 5.73 Å². The van der Waals surface area contributed by atoms with Crippen LogP contribution in [0.4, 0.5) is 11.4 Å². The molecule has 2 aromatic carbocycles. The van der Waals surface area contributed by atoms with Crippen LogP contribution >= 0.6 is 11.5 Å². The van der Waals surface area contributed by atoms with Crippen molar-refractivity contribution in [3.8, 4) is 5.75 Å². The molecule has 1 aliphatic carbocycles. The fraction of sp³-hybridized carbons (Fsp3) is 0.357. The molecule has 1 aliphatic rings. The van der Waals surface area contributed by atoms with Crippen molar-refractivity contribution in [2.75, 3.05) is 17.7 Å². The van der Waals surface area contributed by atoms with E-state index in [-0.39, 0.29) is 28.2 Å². The van der Waals surface area contributed by atoms with E-state index in [4.69, 9.17) is 16.2 Å². The molecule has 4 rings (SSSR count). The average molecular weight is 536 g/mol. The molecular formula is C28H33N5O4S. The van der Waals surface area contributed by atoms with Gasteiger partial charge in [0.1, 0.15) is 16.7 Å². The van der Waals surface area contributed by atoms with Crippen LogP contribution in [0.3, 0.4) is 0 Å². The Morgan fingerprint density at radius 3 is 2.29 bits per heavy atom. The first-order valence-corrected chi connectivity index (χ1v) is 13.5. The molecule has 3 amide bonds. The molecule has 0 saturated heterocycles. The number of carbonyl (C=O) groups excluding carboxylic acids is 3. The van der Waals surface area contributed by atoms with Crippen LogP contribution in [0.2, 0.25) is 0 Å². The van der Waals surface area contributed by atoms with E-state index < -0.39 is 17.9 Å². The zero-order chi connectivity index (χ0) is 27.2. The molecule has 0 radical (unpaired) electrons. The third kappa shape index (κ3) is 5.80. The van der Waals surface area contributed by atoms with Gasteiger partial charge in [-0.2, -0.15) is 4.37 Å². The van der Waals surface area contributed by atoms with Gasteiger partial charge in [-0.1, -0.05) is 50.5 Å². The summed E-state index contributed by atoms with van der Waals surface area (Å²) in [5.41, 5.74) is 13.5. The third-order valence-electron chi connectivity index (χ3n) is 6.89. The highest BCUT2D eigenvalue weighted by atomic mass is 32.1. The Balaban J connectivity index is 1.83. The molecule has 0 aliphatic heterocycles. The summed E-state index contributed by atoms with van der Waals surface area (Å²) in [6.07, 6.45) is 5.85. The molecule has 1 fully saturated rings. The number of primary amides is 1. The fourth-order valence-corrected chi connectivity index (χ4v) is 5.49. The number of nitrogens with two attached hydrogens (primary N) is 2. The van der Waals surface area contributed by atoms with Crippen LogP contribution < -0.4 is 26.4 Å². The summed E-state index contributed by atoms with van der Waals surface area (Å²) in [5.74, 6) is -1.04. The topological polar surface area (TPSA) is 141 Å². The van der Waals surface area contributed by atoms with E-state index in [1.807, 2.05) is 31.2 Å². The SMILES string of the molecule is CCc1ccc(N(C(=O)c2snc(C(N)=O)c2N)[C@H](C(=O)NC2CCCCC2)c2ccc(OC)cc2)cc1. The Morgan fingerprint density at radius 1 is 1.08 bits per heavy atom. The van der Waals surface area contributed by atoms with Crippen LogP contribution in [0.5, 0.6) is 5.75 Å². The maximum atomic E-state index is 14.2. The number of carbonyl (C=O) groups is 3. The summed E-state index contributed by atoms with van der Waals surface area (Å²) < 4.78 is 9.32. The van der Waals surface area contributed by atoms with E-state index in [0.29, 0.717) is 17.0 Å². The second kappa shape index (κ2) is 12.1. The molecule has 1 atom stereocenters. The van der Waals surface area contributed by atoms with E-state index in [0.717, 1.165) is 55.6 Å². The van der Waals surface area contributed by atoms with E-state index in [1.165, 1.54) is 4.90 Å². The lowest BCUT2D eigenvalue weighted by Crippen LogP contribution is -2.47. The molecule has 9 nitrogen and oxygen atoms in total. The summed E-state index contributed by atoms with van der Waals surface area (Å²) >= 11 is 0.791. The zero-order valence-electron chi connectivity index (χ0n) is 21.6. The Hall–Kier alpha value is -3.92. The summed E-state index contributed by atoms with van der Waals surface area (Å²) in [6, 6.07) is 13.5. The van der Waals surface area contributed by atoms with Gasteiger partial charge in [0.2, 0.25) is 5.91 Å². The molecule has 0 spiro atoms. The van der Waals surface area contributed by atoms with Gasteiger partial charge >= 0.3 is 0 Å². The summed E-state index contributed by atoms with van der Waals surface area (Å²) in [4.78, 5) is 41.4. The molecular weight excluding hydrogens is 502 g/mol. The monoisotopic (exact) mass is 535 g/mol. The standard InChI is InChI=1S/C28H33N5O4S/c1-3-17-9-13-20(14-10-17)33(28(36)25-22(29)23(26(30)34)32-38-25)24(18-11-15-21(37-2)16-12-18)27(35)31-19-7-5-4-6-8-19/h9-16,19,24H,3-8,29H2,1-2H3,(H2,30,34)(H,31,35)/t24-/m0/s1. The van der Waals surface area contributed by atoms with Crippen molar-refractivity contribution in [1.82, 2.24) is 9.69 Å². The minimum atomic E-state index is -1.01. The van der Waals surface area contributed by atoms with Gasteiger partial charge in [-0.15, -0.1) is 0 Å². The molecule has 5 N–H and O–H groups in total. The number of nitrogens with zero attached hydrogens (tertiary/aromatic N) is 2. The smallest absolute Gasteiger partial charge is 0.273 e. The number of aromatic nitrogens is 1. The second-order valence-electron chi connectivity index (χ2n) is 9.35. The number of hydrogen-bond acceptors (Lipinski definition) is 7. The summed E-state index contributed by atoms with van der Waals surface area (Å²) in [7, 11) is 1.57. The number of methoxy groups -OCH3 is 1. The molecule has 0 unspecified atom stereocenters. The van der Waals surface area contributed by atoms with Crippen LogP contribution in [0.1, 0.15) is 76.4 Å². The first-order valence-electron chi connectivity index (χ1n) is 12.8. The first kappa shape index (κ1) is 27.1. The summed E-state index contributed by atoms with van der Waals surface area (Å²) in [6.45, 7) is 2.04. The van der Waals surface area contributed by atoms with Gasteiger partial charge in [0.25, 0.3) is 11.8 Å². The number of nitrogens with one attached hydrogen (secondary N) is 1. The van der Waals surface area contributed by atoms with Crippen molar-refractivity contribution < 1.29 is 19.1 Å². The van der Waals surface area contributed by atoms with E-state index in [9.17, 15) is 14.4 Å². The minimum absolute atomic E-state index is 0.0337. The van der Waals surface area contributed by atoms with Crippen molar-refractivity contribution in [1.29, 1.82) is 0 Å². The molecule has 3 aromatic rings. The highest BCUT2D eigenvalue weighted by Crippen LogP contribution is 2.34. The molecule has 200 valence electrons. The Morgan fingerprint density at radius 2 is 1.74 bits per heavy atom. The van der Waals surface area contributed by atoms with Gasteiger partial charge in [-0.3, -0.25) is 19.3 Å².